The molecule has 1 aromatic heterocycles. The molecule has 112 valence electrons. The average Bonchev–Trinajstić information content (AvgIpc) is 2.48. The van der Waals surface area contributed by atoms with Crippen LogP contribution >= 0.6 is 0 Å². The summed E-state index contributed by atoms with van der Waals surface area (Å²) in [7, 11) is 2.16. The monoisotopic (exact) mass is 277 g/mol. The standard InChI is InChI=1S/C15H27N5/c1-4-13-12(6-7-16)14(5-2)18-15(17-13)20-10-8-19(3)9-11-20/h4-11,16H2,1-3H3. The molecule has 0 bridgehead atoms. The Balaban J connectivity index is 2.30. The molecule has 20 heavy (non-hydrogen) atoms. The number of anilines is 1. The molecule has 1 aliphatic heterocycles. The lowest BCUT2D eigenvalue weighted by Crippen LogP contribution is -2.45. The zero-order valence-electron chi connectivity index (χ0n) is 13.0. The fourth-order valence-electron chi connectivity index (χ4n) is 2.73. The molecule has 0 amide bonds. The van der Waals surface area contributed by atoms with Crippen LogP contribution < -0.4 is 10.6 Å². The fraction of sp³-hybridized carbons (Fsp3) is 0.733. The van der Waals surface area contributed by atoms with Crippen LogP contribution in [0, 0.1) is 0 Å². The van der Waals surface area contributed by atoms with Gasteiger partial charge in [0.2, 0.25) is 5.95 Å². The number of nitrogens with two attached hydrogens (primary N) is 1. The van der Waals surface area contributed by atoms with Gasteiger partial charge < -0.3 is 15.5 Å². The van der Waals surface area contributed by atoms with E-state index in [1.807, 2.05) is 0 Å². The molecule has 0 atom stereocenters. The number of piperazine rings is 1. The van der Waals surface area contributed by atoms with Gasteiger partial charge in [-0.2, -0.15) is 0 Å². The number of hydrogen-bond donors (Lipinski definition) is 1. The minimum Gasteiger partial charge on any atom is -0.338 e. The Labute approximate surface area is 122 Å². The summed E-state index contributed by atoms with van der Waals surface area (Å²) in [6, 6.07) is 0. The summed E-state index contributed by atoms with van der Waals surface area (Å²) in [6.07, 6.45) is 2.78. The van der Waals surface area contributed by atoms with E-state index in [0.717, 1.165) is 51.4 Å². The van der Waals surface area contributed by atoms with E-state index in [0.29, 0.717) is 6.54 Å². The molecule has 2 heterocycles. The van der Waals surface area contributed by atoms with Crippen molar-refractivity contribution < 1.29 is 0 Å². The zero-order valence-corrected chi connectivity index (χ0v) is 13.0. The van der Waals surface area contributed by atoms with Gasteiger partial charge in [-0.15, -0.1) is 0 Å². The van der Waals surface area contributed by atoms with Gasteiger partial charge in [-0.05, 0) is 38.4 Å². The third kappa shape index (κ3) is 3.27. The molecule has 1 fully saturated rings. The van der Waals surface area contributed by atoms with Crippen molar-refractivity contribution >= 4 is 5.95 Å². The smallest absolute Gasteiger partial charge is 0.225 e. The van der Waals surface area contributed by atoms with Gasteiger partial charge in [0, 0.05) is 37.6 Å². The minimum atomic E-state index is 0.664. The van der Waals surface area contributed by atoms with Crippen molar-refractivity contribution in [3.8, 4) is 0 Å². The largest absolute Gasteiger partial charge is 0.338 e. The SMILES string of the molecule is CCc1nc(N2CCN(C)CC2)nc(CC)c1CCN. The average molecular weight is 277 g/mol. The molecule has 1 aromatic rings. The van der Waals surface area contributed by atoms with Crippen molar-refractivity contribution in [3.63, 3.8) is 0 Å². The van der Waals surface area contributed by atoms with Gasteiger partial charge in [-0.3, -0.25) is 0 Å². The third-order valence-electron chi connectivity index (χ3n) is 4.02. The molecule has 0 unspecified atom stereocenters. The Morgan fingerprint density at radius 1 is 1.00 bits per heavy atom. The first-order valence-electron chi connectivity index (χ1n) is 7.71. The lowest BCUT2D eigenvalue weighted by Gasteiger charge is -2.33. The van der Waals surface area contributed by atoms with E-state index in [2.05, 4.69) is 30.7 Å². The van der Waals surface area contributed by atoms with E-state index in [4.69, 9.17) is 15.7 Å². The van der Waals surface area contributed by atoms with E-state index >= 15 is 0 Å². The first-order valence-corrected chi connectivity index (χ1v) is 7.71. The predicted octanol–water partition coefficient (Wildman–Crippen LogP) is 0.854. The molecule has 2 N–H and O–H groups in total. The van der Waals surface area contributed by atoms with Crippen LogP contribution in [0.5, 0.6) is 0 Å². The van der Waals surface area contributed by atoms with E-state index in [9.17, 15) is 0 Å². The second kappa shape index (κ2) is 6.99. The number of hydrogen-bond acceptors (Lipinski definition) is 5. The highest BCUT2D eigenvalue weighted by atomic mass is 15.3. The number of aromatic nitrogens is 2. The second-order valence-corrected chi connectivity index (χ2v) is 5.43. The highest BCUT2D eigenvalue weighted by molar-refractivity contribution is 5.38. The van der Waals surface area contributed by atoms with Gasteiger partial charge in [-0.1, -0.05) is 13.8 Å². The normalized spacial score (nSPS) is 16.7. The second-order valence-electron chi connectivity index (χ2n) is 5.43. The molecule has 0 aliphatic carbocycles. The molecule has 0 saturated carbocycles. The third-order valence-corrected chi connectivity index (χ3v) is 4.02. The molecule has 1 aliphatic rings. The van der Waals surface area contributed by atoms with Crippen molar-refractivity contribution in [2.75, 3.05) is 44.7 Å². The van der Waals surface area contributed by atoms with Crippen LogP contribution in [0.3, 0.4) is 0 Å². The van der Waals surface area contributed by atoms with E-state index in [-0.39, 0.29) is 0 Å². The summed E-state index contributed by atoms with van der Waals surface area (Å²) in [5.41, 5.74) is 9.36. The van der Waals surface area contributed by atoms with Crippen molar-refractivity contribution in [2.45, 2.75) is 33.1 Å². The first kappa shape index (κ1) is 15.2. The van der Waals surface area contributed by atoms with Crippen LogP contribution in [0.2, 0.25) is 0 Å². The number of nitrogens with zero attached hydrogens (tertiary/aromatic N) is 4. The van der Waals surface area contributed by atoms with Gasteiger partial charge in [0.25, 0.3) is 0 Å². The Hall–Kier alpha value is -1.20. The summed E-state index contributed by atoms with van der Waals surface area (Å²) in [5.74, 6) is 0.910. The Bertz CT molecular complexity index is 413. The lowest BCUT2D eigenvalue weighted by molar-refractivity contribution is 0.311. The molecule has 0 spiro atoms. The van der Waals surface area contributed by atoms with Crippen LogP contribution in [0.25, 0.3) is 0 Å². The van der Waals surface area contributed by atoms with Crippen LogP contribution in [0.4, 0.5) is 5.95 Å². The summed E-state index contributed by atoms with van der Waals surface area (Å²) in [6.45, 7) is 9.17. The Morgan fingerprint density at radius 2 is 1.55 bits per heavy atom. The van der Waals surface area contributed by atoms with Crippen molar-refractivity contribution in [1.82, 2.24) is 14.9 Å². The summed E-state index contributed by atoms with van der Waals surface area (Å²) >= 11 is 0. The Kier molecular flexibility index (Phi) is 5.31. The lowest BCUT2D eigenvalue weighted by atomic mass is 10.0. The maximum absolute atomic E-state index is 5.73. The van der Waals surface area contributed by atoms with Crippen LogP contribution in [0.15, 0.2) is 0 Å². The van der Waals surface area contributed by atoms with Crippen LogP contribution in [0.1, 0.15) is 30.8 Å². The molecule has 0 aromatic carbocycles. The molecular formula is C15H27N5. The molecule has 2 rings (SSSR count). The van der Waals surface area contributed by atoms with Crippen molar-refractivity contribution in [1.29, 1.82) is 0 Å². The van der Waals surface area contributed by atoms with E-state index in [1.165, 1.54) is 17.0 Å². The van der Waals surface area contributed by atoms with Crippen LogP contribution in [-0.2, 0) is 19.3 Å². The zero-order chi connectivity index (χ0) is 14.5. The van der Waals surface area contributed by atoms with Gasteiger partial charge in [-0.25, -0.2) is 9.97 Å². The van der Waals surface area contributed by atoms with Gasteiger partial charge in [0.15, 0.2) is 0 Å². The van der Waals surface area contributed by atoms with Crippen LogP contribution in [-0.4, -0.2) is 54.6 Å². The topological polar surface area (TPSA) is 58.3 Å². The molecule has 0 radical (unpaired) electrons. The quantitative estimate of drug-likeness (QED) is 0.865. The van der Waals surface area contributed by atoms with E-state index < -0.39 is 0 Å². The van der Waals surface area contributed by atoms with Crippen molar-refractivity contribution in [3.05, 3.63) is 17.0 Å². The summed E-state index contributed by atoms with van der Waals surface area (Å²) in [4.78, 5) is 14.3. The highest BCUT2D eigenvalue weighted by Crippen LogP contribution is 2.19. The Morgan fingerprint density at radius 3 is 2.00 bits per heavy atom. The van der Waals surface area contributed by atoms with Gasteiger partial charge in [0.1, 0.15) is 0 Å². The van der Waals surface area contributed by atoms with E-state index in [1.54, 1.807) is 0 Å². The predicted molar refractivity (Wildman–Crippen MR) is 83.3 cm³/mol. The van der Waals surface area contributed by atoms with Gasteiger partial charge in [0.05, 0.1) is 0 Å². The molecule has 5 nitrogen and oxygen atoms in total. The maximum Gasteiger partial charge on any atom is 0.225 e. The highest BCUT2D eigenvalue weighted by Gasteiger charge is 2.19. The number of likely N-dealkylation sites (N-methyl/N-ethyl adjacent to an activating group) is 1. The minimum absolute atomic E-state index is 0.664. The fourth-order valence-corrected chi connectivity index (χ4v) is 2.73. The number of aryl methyl sites for hydroxylation is 2. The summed E-state index contributed by atoms with van der Waals surface area (Å²) in [5, 5.41) is 0. The number of rotatable bonds is 5. The van der Waals surface area contributed by atoms with Gasteiger partial charge >= 0.3 is 0 Å². The molecular weight excluding hydrogens is 250 g/mol. The van der Waals surface area contributed by atoms with Crippen molar-refractivity contribution in [2.24, 2.45) is 5.73 Å². The molecule has 1 saturated heterocycles. The maximum atomic E-state index is 5.73. The first-order chi connectivity index (χ1) is 9.69. The molecule has 5 heteroatoms. The summed E-state index contributed by atoms with van der Waals surface area (Å²) < 4.78 is 0.